The molecular weight excluding hydrogens is 186 g/mol. The minimum Gasteiger partial charge on any atom is -0.302 e. The van der Waals surface area contributed by atoms with Gasteiger partial charge in [0.1, 0.15) is 0 Å². The summed E-state index contributed by atoms with van der Waals surface area (Å²) >= 11 is 0. The number of rotatable bonds is 3. The molecule has 3 nitrogen and oxygen atoms in total. The second-order valence-corrected chi connectivity index (χ2v) is 4.62. The standard InChI is InChI=1S/C12H23N3/c1-4-8-15-9-6-11(2)14(3)12(10-15)5-7-13/h11-12H,4-6,8-10H2,1-3H3. The lowest BCUT2D eigenvalue weighted by molar-refractivity contribution is 0.178. The van der Waals surface area contributed by atoms with E-state index in [4.69, 9.17) is 5.26 Å². The van der Waals surface area contributed by atoms with Gasteiger partial charge in [0.25, 0.3) is 0 Å². The Morgan fingerprint density at radius 3 is 2.80 bits per heavy atom. The molecule has 1 saturated heterocycles. The highest BCUT2D eigenvalue weighted by molar-refractivity contribution is 4.88. The summed E-state index contributed by atoms with van der Waals surface area (Å²) in [6.07, 6.45) is 3.08. The minimum atomic E-state index is 0.416. The third kappa shape index (κ3) is 3.48. The van der Waals surface area contributed by atoms with Crippen LogP contribution in [0.1, 0.15) is 33.1 Å². The molecule has 0 aromatic rings. The smallest absolute Gasteiger partial charge is 0.0638 e. The molecule has 2 atom stereocenters. The topological polar surface area (TPSA) is 30.3 Å². The minimum absolute atomic E-state index is 0.416. The predicted molar refractivity (Wildman–Crippen MR) is 62.6 cm³/mol. The van der Waals surface area contributed by atoms with E-state index in [0.29, 0.717) is 18.5 Å². The van der Waals surface area contributed by atoms with Gasteiger partial charge in [0.05, 0.1) is 12.5 Å². The summed E-state index contributed by atoms with van der Waals surface area (Å²) < 4.78 is 0. The summed E-state index contributed by atoms with van der Waals surface area (Å²) in [6.45, 7) is 7.89. The van der Waals surface area contributed by atoms with Crippen LogP contribution in [0.25, 0.3) is 0 Å². The van der Waals surface area contributed by atoms with Gasteiger partial charge in [-0.1, -0.05) is 6.92 Å². The van der Waals surface area contributed by atoms with Crippen LogP contribution in [0.3, 0.4) is 0 Å². The Balaban J connectivity index is 2.61. The van der Waals surface area contributed by atoms with Crippen molar-refractivity contribution in [2.75, 3.05) is 26.7 Å². The van der Waals surface area contributed by atoms with Gasteiger partial charge < -0.3 is 4.90 Å². The summed E-state index contributed by atoms with van der Waals surface area (Å²) in [6, 6.07) is 3.33. The lowest BCUT2D eigenvalue weighted by Crippen LogP contribution is -2.41. The number of nitriles is 1. The number of nitrogens with zero attached hydrogens (tertiary/aromatic N) is 3. The Bertz CT molecular complexity index is 221. The van der Waals surface area contributed by atoms with E-state index in [9.17, 15) is 0 Å². The van der Waals surface area contributed by atoms with Crippen molar-refractivity contribution in [3.8, 4) is 6.07 Å². The van der Waals surface area contributed by atoms with E-state index in [2.05, 4.69) is 36.8 Å². The van der Waals surface area contributed by atoms with Crippen LogP contribution in [-0.2, 0) is 0 Å². The van der Waals surface area contributed by atoms with E-state index >= 15 is 0 Å². The maximum Gasteiger partial charge on any atom is 0.0638 e. The van der Waals surface area contributed by atoms with Crippen molar-refractivity contribution >= 4 is 0 Å². The van der Waals surface area contributed by atoms with Crippen LogP contribution in [0.4, 0.5) is 0 Å². The van der Waals surface area contributed by atoms with Crippen LogP contribution in [0.2, 0.25) is 0 Å². The Morgan fingerprint density at radius 2 is 2.20 bits per heavy atom. The van der Waals surface area contributed by atoms with Gasteiger partial charge in [0.2, 0.25) is 0 Å². The summed E-state index contributed by atoms with van der Waals surface area (Å²) in [4.78, 5) is 4.88. The zero-order valence-corrected chi connectivity index (χ0v) is 10.2. The van der Waals surface area contributed by atoms with E-state index in [-0.39, 0.29) is 0 Å². The fourth-order valence-corrected chi connectivity index (χ4v) is 2.28. The van der Waals surface area contributed by atoms with Crippen LogP contribution >= 0.6 is 0 Å². The normalized spacial score (nSPS) is 29.7. The summed E-state index contributed by atoms with van der Waals surface area (Å²) in [5.74, 6) is 0. The molecule has 0 N–H and O–H groups in total. The molecule has 1 aliphatic heterocycles. The highest BCUT2D eigenvalue weighted by atomic mass is 15.2. The highest BCUT2D eigenvalue weighted by Crippen LogP contribution is 2.16. The van der Waals surface area contributed by atoms with Gasteiger partial charge in [0, 0.05) is 18.6 Å². The third-order valence-electron chi connectivity index (χ3n) is 3.47. The number of likely N-dealkylation sites (N-methyl/N-ethyl adjacent to an activating group) is 1. The van der Waals surface area contributed by atoms with Gasteiger partial charge in [-0.2, -0.15) is 5.26 Å². The van der Waals surface area contributed by atoms with Crippen molar-refractivity contribution in [2.24, 2.45) is 0 Å². The van der Waals surface area contributed by atoms with Crippen molar-refractivity contribution < 1.29 is 0 Å². The molecule has 0 aromatic heterocycles. The molecule has 0 aliphatic carbocycles. The van der Waals surface area contributed by atoms with Gasteiger partial charge >= 0.3 is 0 Å². The number of hydrogen-bond acceptors (Lipinski definition) is 3. The van der Waals surface area contributed by atoms with E-state index in [1.54, 1.807) is 0 Å². The fraction of sp³-hybridized carbons (Fsp3) is 0.917. The molecule has 1 heterocycles. The van der Waals surface area contributed by atoms with Crippen LogP contribution in [-0.4, -0.2) is 48.6 Å². The van der Waals surface area contributed by atoms with Crippen LogP contribution < -0.4 is 0 Å². The van der Waals surface area contributed by atoms with Gasteiger partial charge in [-0.25, -0.2) is 0 Å². The molecule has 1 aliphatic rings. The van der Waals surface area contributed by atoms with E-state index in [0.717, 1.165) is 6.54 Å². The van der Waals surface area contributed by atoms with Crippen molar-refractivity contribution in [3.05, 3.63) is 0 Å². The van der Waals surface area contributed by atoms with Crippen LogP contribution in [0.5, 0.6) is 0 Å². The molecule has 15 heavy (non-hydrogen) atoms. The molecule has 0 radical (unpaired) electrons. The Hall–Kier alpha value is -0.590. The molecule has 1 rings (SSSR count). The quantitative estimate of drug-likeness (QED) is 0.709. The SMILES string of the molecule is CCCN1CCC(C)N(C)C(CC#N)C1. The maximum absolute atomic E-state index is 8.84. The first-order valence-electron chi connectivity index (χ1n) is 6.00. The van der Waals surface area contributed by atoms with Gasteiger partial charge in [-0.15, -0.1) is 0 Å². The van der Waals surface area contributed by atoms with Gasteiger partial charge in [-0.05, 0) is 39.9 Å². The van der Waals surface area contributed by atoms with Crippen LogP contribution in [0, 0.1) is 11.3 Å². The Kier molecular flexibility index (Phi) is 5.07. The van der Waals surface area contributed by atoms with Gasteiger partial charge in [0.15, 0.2) is 0 Å². The Labute approximate surface area is 93.7 Å². The molecule has 2 unspecified atom stereocenters. The first-order chi connectivity index (χ1) is 7.19. The summed E-state index contributed by atoms with van der Waals surface area (Å²) in [5, 5.41) is 8.84. The van der Waals surface area contributed by atoms with Crippen molar-refractivity contribution in [1.82, 2.24) is 9.80 Å². The molecule has 86 valence electrons. The van der Waals surface area contributed by atoms with Crippen molar-refractivity contribution in [1.29, 1.82) is 5.26 Å². The first kappa shape index (κ1) is 12.5. The summed E-state index contributed by atoms with van der Waals surface area (Å²) in [5.41, 5.74) is 0. The third-order valence-corrected chi connectivity index (χ3v) is 3.47. The molecule has 0 amide bonds. The van der Waals surface area contributed by atoms with E-state index in [1.807, 2.05) is 0 Å². The zero-order valence-electron chi connectivity index (χ0n) is 10.2. The number of hydrogen-bond donors (Lipinski definition) is 0. The highest BCUT2D eigenvalue weighted by Gasteiger charge is 2.25. The molecule has 0 spiro atoms. The Morgan fingerprint density at radius 1 is 1.47 bits per heavy atom. The molecule has 0 bridgehead atoms. The average molecular weight is 209 g/mol. The molecule has 0 saturated carbocycles. The van der Waals surface area contributed by atoms with Crippen molar-refractivity contribution in [3.63, 3.8) is 0 Å². The van der Waals surface area contributed by atoms with Crippen molar-refractivity contribution in [2.45, 2.75) is 45.2 Å². The summed E-state index contributed by atoms with van der Waals surface area (Å²) in [7, 11) is 2.15. The molecule has 1 fully saturated rings. The van der Waals surface area contributed by atoms with E-state index in [1.165, 1.54) is 25.9 Å². The lowest BCUT2D eigenvalue weighted by atomic mass is 10.1. The largest absolute Gasteiger partial charge is 0.302 e. The second kappa shape index (κ2) is 6.09. The molecule has 3 heteroatoms. The van der Waals surface area contributed by atoms with Gasteiger partial charge in [-0.3, -0.25) is 4.90 Å². The second-order valence-electron chi connectivity index (χ2n) is 4.62. The predicted octanol–water partition coefficient (Wildman–Crippen LogP) is 1.70. The average Bonchev–Trinajstić information content (AvgIpc) is 2.34. The van der Waals surface area contributed by atoms with E-state index < -0.39 is 0 Å². The zero-order chi connectivity index (χ0) is 11.3. The molecule has 0 aromatic carbocycles. The monoisotopic (exact) mass is 209 g/mol. The maximum atomic E-state index is 8.84. The molecular formula is C12H23N3. The van der Waals surface area contributed by atoms with Crippen LogP contribution in [0.15, 0.2) is 0 Å². The fourth-order valence-electron chi connectivity index (χ4n) is 2.28. The lowest BCUT2D eigenvalue weighted by Gasteiger charge is -2.29. The first-order valence-corrected chi connectivity index (χ1v) is 6.00.